The molecule has 2 amide bonds. The summed E-state index contributed by atoms with van der Waals surface area (Å²) < 4.78 is 11.9. The fourth-order valence-electron chi connectivity index (χ4n) is 7.47. The molecule has 7 nitrogen and oxygen atoms in total. The smallest absolute Gasteiger partial charge is 0.272 e. The largest absolute Gasteiger partial charge is 0.493 e. The molecule has 3 aromatic carbocycles. The Kier molecular flexibility index (Phi) is 7.84. The van der Waals surface area contributed by atoms with E-state index < -0.39 is 0 Å². The molecule has 0 spiro atoms. The van der Waals surface area contributed by atoms with Crippen LogP contribution in [-0.2, 0) is 10.2 Å². The van der Waals surface area contributed by atoms with Gasteiger partial charge in [0, 0.05) is 10.2 Å². The van der Waals surface area contributed by atoms with E-state index in [1.54, 1.807) is 36.4 Å². The number of methoxy groups -OCH3 is 1. The third kappa shape index (κ3) is 6.03. The van der Waals surface area contributed by atoms with Gasteiger partial charge in [-0.1, -0.05) is 24.3 Å². The average Bonchev–Trinajstić information content (AvgIpc) is 2.96. The van der Waals surface area contributed by atoms with Gasteiger partial charge in [-0.15, -0.1) is 0 Å². The lowest BCUT2D eigenvalue weighted by atomic mass is 9.48. The number of anilines is 1. The number of carbonyl (C=O) groups excluding carboxylic acids is 2. The quantitative estimate of drug-likeness (QED) is 0.207. The van der Waals surface area contributed by atoms with E-state index in [0.717, 1.165) is 23.4 Å². The van der Waals surface area contributed by atoms with Crippen LogP contribution in [0.4, 0.5) is 5.69 Å². The first kappa shape index (κ1) is 27.5. The van der Waals surface area contributed by atoms with Crippen LogP contribution in [0.15, 0.2) is 76.3 Å². The predicted molar refractivity (Wildman–Crippen MR) is 163 cm³/mol. The van der Waals surface area contributed by atoms with Crippen molar-refractivity contribution in [1.29, 1.82) is 0 Å². The lowest BCUT2D eigenvalue weighted by Gasteiger charge is -2.57. The molecule has 7 rings (SSSR count). The molecule has 41 heavy (non-hydrogen) atoms. The van der Waals surface area contributed by atoms with Gasteiger partial charge >= 0.3 is 0 Å². The number of hydrogen-bond donors (Lipinski definition) is 2. The van der Waals surface area contributed by atoms with Crippen molar-refractivity contribution in [3.8, 4) is 11.5 Å². The van der Waals surface area contributed by atoms with Crippen molar-refractivity contribution in [3.63, 3.8) is 0 Å². The van der Waals surface area contributed by atoms with E-state index in [-0.39, 0.29) is 18.4 Å². The third-order valence-electron chi connectivity index (χ3n) is 8.86. The van der Waals surface area contributed by atoms with Crippen molar-refractivity contribution in [2.45, 2.75) is 43.9 Å². The van der Waals surface area contributed by atoms with Crippen LogP contribution in [0.2, 0.25) is 0 Å². The summed E-state index contributed by atoms with van der Waals surface area (Å²) in [6.45, 7) is -0.150. The number of amides is 2. The highest BCUT2D eigenvalue weighted by molar-refractivity contribution is 9.10. The maximum absolute atomic E-state index is 12.7. The summed E-state index contributed by atoms with van der Waals surface area (Å²) in [5, 5.41) is 6.99. The number of rotatable bonds is 9. The Labute approximate surface area is 248 Å². The Morgan fingerprint density at radius 2 is 1.63 bits per heavy atom. The Hall–Kier alpha value is -3.65. The molecule has 8 heteroatoms. The molecule has 4 aliphatic rings. The van der Waals surface area contributed by atoms with Crippen LogP contribution in [0.1, 0.15) is 60.0 Å². The summed E-state index contributed by atoms with van der Waals surface area (Å²) in [6.07, 6.45) is 9.78. The molecule has 0 atom stereocenters. The molecule has 4 aliphatic carbocycles. The van der Waals surface area contributed by atoms with E-state index in [1.807, 2.05) is 18.2 Å². The molecule has 0 saturated heterocycles. The molecule has 3 aromatic rings. The monoisotopic (exact) mass is 615 g/mol. The zero-order valence-corrected chi connectivity index (χ0v) is 24.7. The maximum Gasteiger partial charge on any atom is 0.272 e. The second kappa shape index (κ2) is 11.7. The second-order valence-electron chi connectivity index (χ2n) is 11.7. The van der Waals surface area contributed by atoms with Gasteiger partial charge in [-0.3, -0.25) is 9.59 Å². The predicted octanol–water partition coefficient (Wildman–Crippen LogP) is 6.71. The summed E-state index contributed by atoms with van der Waals surface area (Å²) in [4.78, 5) is 25.0. The summed E-state index contributed by atoms with van der Waals surface area (Å²) in [6, 6.07) is 20.8. The van der Waals surface area contributed by atoms with Gasteiger partial charge in [-0.05, 0) is 131 Å². The number of carbonyl (C=O) groups is 2. The van der Waals surface area contributed by atoms with Gasteiger partial charge in [-0.25, -0.2) is 5.43 Å². The van der Waals surface area contributed by atoms with Crippen LogP contribution in [0.3, 0.4) is 0 Å². The van der Waals surface area contributed by atoms with Gasteiger partial charge in [0.1, 0.15) is 0 Å². The molecular weight excluding hydrogens is 582 g/mol. The molecule has 212 valence electrons. The van der Waals surface area contributed by atoms with E-state index in [0.29, 0.717) is 32.5 Å². The van der Waals surface area contributed by atoms with Gasteiger partial charge < -0.3 is 14.8 Å². The first-order chi connectivity index (χ1) is 19.9. The number of nitrogens with one attached hydrogen (secondary N) is 2. The van der Waals surface area contributed by atoms with Crippen molar-refractivity contribution < 1.29 is 19.1 Å². The maximum atomic E-state index is 12.7. The average molecular weight is 617 g/mol. The van der Waals surface area contributed by atoms with Gasteiger partial charge in [0.2, 0.25) is 0 Å². The van der Waals surface area contributed by atoms with E-state index in [4.69, 9.17) is 9.47 Å². The lowest BCUT2D eigenvalue weighted by molar-refractivity contribution is -0.118. The first-order valence-electron chi connectivity index (χ1n) is 14.2. The van der Waals surface area contributed by atoms with Gasteiger partial charge in [0.25, 0.3) is 11.8 Å². The molecule has 4 saturated carbocycles. The minimum Gasteiger partial charge on any atom is -0.493 e. The fraction of sp³-hybridized carbons (Fsp3) is 0.364. The van der Waals surface area contributed by atoms with Crippen LogP contribution >= 0.6 is 15.9 Å². The molecule has 0 unspecified atom stereocenters. The van der Waals surface area contributed by atoms with E-state index in [1.165, 1.54) is 57.4 Å². The zero-order chi connectivity index (χ0) is 28.4. The van der Waals surface area contributed by atoms with Crippen LogP contribution in [0.25, 0.3) is 0 Å². The SMILES string of the molecule is COc1cc(/C=N\NC(=O)c2ccccc2Br)ccc1OCC(=O)Nc1ccc(C23CC4CC(CC(C4)C2)C3)cc1. The van der Waals surface area contributed by atoms with E-state index >= 15 is 0 Å². The summed E-state index contributed by atoms with van der Waals surface area (Å²) >= 11 is 3.36. The minimum atomic E-state index is -0.325. The Morgan fingerprint density at radius 3 is 2.29 bits per heavy atom. The van der Waals surface area contributed by atoms with Crippen molar-refractivity contribution in [1.82, 2.24) is 5.43 Å². The van der Waals surface area contributed by atoms with Crippen LogP contribution in [0.5, 0.6) is 11.5 Å². The molecule has 2 N–H and O–H groups in total. The standard InChI is InChI=1S/C33H34BrN3O4/c1-40-30-15-21(19-35-37-32(39)27-4-2-3-5-28(27)34)6-11-29(30)41-20-31(38)36-26-9-7-25(8-10-26)33-16-22-12-23(17-33)14-24(13-22)18-33/h2-11,15,19,22-24H,12-14,16-18,20H2,1H3,(H,36,38)(H,37,39)/b35-19-. The van der Waals surface area contributed by atoms with Crippen molar-refractivity contribution in [2.24, 2.45) is 22.9 Å². The third-order valence-corrected chi connectivity index (χ3v) is 9.56. The number of hydrogen-bond acceptors (Lipinski definition) is 5. The van der Waals surface area contributed by atoms with Gasteiger partial charge in [0.15, 0.2) is 18.1 Å². The molecule has 4 bridgehead atoms. The Bertz CT molecular complexity index is 1430. The van der Waals surface area contributed by atoms with E-state index in [2.05, 4.69) is 43.9 Å². The highest BCUT2D eigenvalue weighted by atomic mass is 79.9. The van der Waals surface area contributed by atoms with Crippen LogP contribution in [-0.4, -0.2) is 31.7 Å². The van der Waals surface area contributed by atoms with Crippen LogP contribution in [0, 0.1) is 17.8 Å². The molecule has 0 aromatic heterocycles. The normalized spacial score (nSPS) is 24.3. The second-order valence-corrected chi connectivity index (χ2v) is 12.6. The van der Waals surface area contributed by atoms with Gasteiger partial charge in [0.05, 0.1) is 18.9 Å². The first-order valence-corrected chi connectivity index (χ1v) is 15.0. The number of hydrazone groups is 1. The molecule has 4 fully saturated rings. The minimum absolute atomic E-state index is 0.150. The highest BCUT2D eigenvalue weighted by Gasteiger charge is 2.51. The fourth-order valence-corrected chi connectivity index (χ4v) is 7.93. The number of nitrogens with zero attached hydrogens (tertiary/aromatic N) is 1. The Morgan fingerprint density at radius 1 is 0.951 bits per heavy atom. The number of ether oxygens (including phenoxy) is 2. The summed E-state index contributed by atoms with van der Waals surface area (Å²) in [7, 11) is 1.53. The van der Waals surface area contributed by atoms with Gasteiger partial charge in [-0.2, -0.15) is 5.10 Å². The van der Waals surface area contributed by atoms with Crippen molar-refractivity contribution in [3.05, 3.63) is 87.9 Å². The van der Waals surface area contributed by atoms with E-state index in [9.17, 15) is 9.59 Å². The highest BCUT2D eigenvalue weighted by Crippen LogP contribution is 2.60. The topological polar surface area (TPSA) is 89.0 Å². The van der Waals surface area contributed by atoms with Crippen molar-refractivity contribution in [2.75, 3.05) is 19.0 Å². The summed E-state index contributed by atoms with van der Waals surface area (Å²) in [5.41, 5.74) is 6.26. The molecule has 0 aliphatic heterocycles. The number of benzene rings is 3. The molecule has 0 radical (unpaired) electrons. The molecular formula is C33H34BrN3O4. The zero-order valence-electron chi connectivity index (χ0n) is 23.1. The lowest BCUT2D eigenvalue weighted by Crippen LogP contribution is -2.48. The van der Waals surface area contributed by atoms with Crippen molar-refractivity contribution >= 4 is 39.6 Å². The molecule has 0 heterocycles. The summed E-state index contributed by atoms with van der Waals surface area (Å²) in [5.74, 6) is 3.04. The van der Waals surface area contributed by atoms with Crippen LogP contribution < -0.4 is 20.2 Å². The Balaban J connectivity index is 1.02. The number of halogens is 1.